The number of H-pyrrole nitrogens is 1. The van der Waals surface area contributed by atoms with E-state index in [0.717, 1.165) is 16.7 Å². The van der Waals surface area contributed by atoms with E-state index in [9.17, 15) is 28.9 Å². The summed E-state index contributed by atoms with van der Waals surface area (Å²) >= 11 is 0. The van der Waals surface area contributed by atoms with Crippen molar-refractivity contribution < 1.29 is 14.1 Å². The third-order valence-corrected chi connectivity index (χ3v) is 4.69. The summed E-state index contributed by atoms with van der Waals surface area (Å²) in [5.41, 5.74) is -0.984. The Bertz CT molecular complexity index is 1450. The fourth-order valence-corrected chi connectivity index (χ4v) is 3.23. The summed E-state index contributed by atoms with van der Waals surface area (Å²) in [6.07, 6.45) is 1.39. The third kappa shape index (κ3) is 3.48. The van der Waals surface area contributed by atoms with Crippen LogP contribution in [0.5, 0.6) is 0 Å². The topological polar surface area (TPSA) is 132 Å². The lowest BCUT2D eigenvalue weighted by atomic mass is 10.2. The van der Waals surface area contributed by atoms with Crippen molar-refractivity contribution in [2.24, 2.45) is 7.05 Å². The normalized spacial score (nSPS) is 10.9. The zero-order valence-corrected chi connectivity index (χ0v) is 16.0. The Balaban J connectivity index is 1.77. The van der Waals surface area contributed by atoms with Crippen LogP contribution >= 0.6 is 0 Å². The van der Waals surface area contributed by atoms with Crippen LogP contribution in [0, 0.1) is 15.9 Å². The van der Waals surface area contributed by atoms with Gasteiger partial charge < -0.3 is 14.9 Å². The molecule has 0 spiro atoms. The molecule has 0 fully saturated rings. The first-order valence-electron chi connectivity index (χ1n) is 8.92. The lowest BCUT2D eigenvalue weighted by molar-refractivity contribution is -0.384. The molecule has 2 aromatic heterocycles. The summed E-state index contributed by atoms with van der Waals surface area (Å²) in [4.78, 5) is 51.0. The maximum absolute atomic E-state index is 13.2. The highest BCUT2D eigenvalue weighted by Gasteiger charge is 2.20. The monoisotopic (exact) mass is 423 g/mol. The van der Waals surface area contributed by atoms with E-state index in [1.165, 1.54) is 47.2 Å². The molecule has 1 amide bonds. The molecule has 31 heavy (non-hydrogen) atoms. The maximum Gasteiger partial charge on any atom is 0.333 e. The first-order valence-corrected chi connectivity index (χ1v) is 8.92. The first-order chi connectivity index (χ1) is 14.8. The van der Waals surface area contributed by atoms with Crippen LogP contribution in [0.3, 0.4) is 0 Å². The van der Waals surface area contributed by atoms with Crippen LogP contribution in [0.1, 0.15) is 10.4 Å². The number of nitro groups is 1. The van der Waals surface area contributed by atoms with E-state index in [4.69, 9.17) is 0 Å². The average molecular weight is 423 g/mol. The number of aryl methyl sites for hydroxylation is 1. The Hall–Kier alpha value is -4.54. The molecule has 0 unspecified atom stereocenters. The largest absolute Gasteiger partial charge is 0.344 e. The molecular formula is C20H14FN5O5. The summed E-state index contributed by atoms with van der Waals surface area (Å²) in [7, 11) is 1.54. The Morgan fingerprint density at radius 3 is 2.35 bits per heavy atom. The molecule has 0 saturated heterocycles. The van der Waals surface area contributed by atoms with Crippen molar-refractivity contribution in [1.82, 2.24) is 14.1 Å². The third-order valence-electron chi connectivity index (χ3n) is 4.69. The van der Waals surface area contributed by atoms with Crippen LogP contribution in [-0.4, -0.2) is 24.9 Å². The van der Waals surface area contributed by atoms with Gasteiger partial charge in [-0.15, -0.1) is 0 Å². The Morgan fingerprint density at radius 1 is 1.10 bits per heavy atom. The van der Waals surface area contributed by atoms with Crippen molar-refractivity contribution >= 4 is 28.3 Å². The van der Waals surface area contributed by atoms with Gasteiger partial charge in [0.2, 0.25) is 0 Å². The summed E-state index contributed by atoms with van der Waals surface area (Å²) < 4.78 is 15.4. The molecule has 0 bridgehead atoms. The minimum atomic E-state index is -0.792. The fourth-order valence-electron chi connectivity index (χ4n) is 3.23. The number of nitrogens with one attached hydrogen (secondary N) is 2. The van der Waals surface area contributed by atoms with E-state index in [0.29, 0.717) is 5.69 Å². The van der Waals surface area contributed by atoms with Crippen LogP contribution in [0.2, 0.25) is 0 Å². The number of halogens is 1. The Morgan fingerprint density at radius 2 is 1.74 bits per heavy atom. The van der Waals surface area contributed by atoms with Gasteiger partial charge in [-0.25, -0.2) is 13.8 Å². The molecule has 0 aliphatic heterocycles. The number of anilines is 1. The highest BCUT2D eigenvalue weighted by molar-refractivity contribution is 6.11. The summed E-state index contributed by atoms with van der Waals surface area (Å²) in [6.45, 7) is 0. The predicted molar refractivity (Wildman–Crippen MR) is 110 cm³/mol. The molecule has 2 aromatic carbocycles. The highest BCUT2D eigenvalue weighted by atomic mass is 19.1. The van der Waals surface area contributed by atoms with Gasteiger partial charge in [-0.05, 0) is 36.4 Å². The zero-order valence-electron chi connectivity index (χ0n) is 16.0. The zero-order chi connectivity index (χ0) is 22.3. The van der Waals surface area contributed by atoms with Crippen LogP contribution in [0.4, 0.5) is 15.8 Å². The number of non-ortho nitro benzene ring substituents is 1. The number of hydrogen-bond donors (Lipinski definition) is 2. The minimum absolute atomic E-state index is 0.0373. The lowest BCUT2D eigenvalue weighted by Gasteiger charge is -2.06. The number of nitro benzene ring substituents is 1. The van der Waals surface area contributed by atoms with Crippen molar-refractivity contribution in [2.75, 3.05) is 5.32 Å². The number of hydrogen-bond acceptors (Lipinski definition) is 5. The van der Waals surface area contributed by atoms with E-state index >= 15 is 0 Å². The number of benzene rings is 2. The van der Waals surface area contributed by atoms with Gasteiger partial charge >= 0.3 is 5.69 Å². The average Bonchev–Trinajstić information content (AvgIpc) is 3.06. The van der Waals surface area contributed by atoms with E-state index in [1.54, 1.807) is 7.05 Å². The molecular weight excluding hydrogens is 409 g/mol. The maximum atomic E-state index is 13.2. The van der Waals surface area contributed by atoms with Crippen molar-refractivity contribution in [3.8, 4) is 5.69 Å². The summed E-state index contributed by atoms with van der Waals surface area (Å²) in [5.74, 6) is -1.13. The molecule has 0 aliphatic carbocycles. The molecule has 0 aliphatic rings. The van der Waals surface area contributed by atoms with Crippen LogP contribution in [0.15, 0.2) is 64.3 Å². The second-order valence-electron chi connectivity index (χ2n) is 6.68. The standard InChI is InChI=1S/C20H14FN5O5/c1-24-10-15(18(27)22-12-4-8-14(9-5-12)26(30)31)16-17(24)19(28)25(20(29)23-16)13-6-2-11(21)3-7-13/h2-10H,1H3,(H,22,27)(H,23,29). The number of aromatic nitrogens is 3. The van der Waals surface area contributed by atoms with Gasteiger partial charge in [0.25, 0.3) is 17.2 Å². The molecule has 2 heterocycles. The van der Waals surface area contributed by atoms with Crippen LogP contribution < -0.4 is 16.6 Å². The minimum Gasteiger partial charge on any atom is -0.344 e. The van der Waals surface area contributed by atoms with Crippen LogP contribution in [0.25, 0.3) is 16.7 Å². The molecule has 0 atom stereocenters. The number of fused-ring (bicyclic) bond motifs is 1. The summed E-state index contributed by atoms with van der Waals surface area (Å²) in [5, 5.41) is 13.3. The molecule has 0 radical (unpaired) electrons. The van der Waals surface area contributed by atoms with Gasteiger partial charge in [-0.3, -0.25) is 19.7 Å². The number of rotatable bonds is 4. The molecule has 10 nitrogen and oxygen atoms in total. The lowest BCUT2D eigenvalue weighted by Crippen LogP contribution is -2.34. The van der Waals surface area contributed by atoms with Gasteiger partial charge in [0.05, 0.1) is 21.7 Å². The number of aromatic amines is 1. The second kappa shape index (κ2) is 7.37. The Kier molecular flexibility index (Phi) is 4.70. The van der Waals surface area contributed by atoms with Crippen molar-refractivity contribution in [1.29, 1.82) is 0 Å². The van der Waals surface area contributed by atoms with E-state index in [2.05, 4.69) is 10.3 Å². The molecule has 4 aromatic rings. The van der Waals surface area contributed by atoms with Gasteiger partial charge in [0, 0.05) is 31.1 Å². The molecule has 11 heteroatoms. The molecule has 2 N–H and O–H groups in total. The van der Waals surface area contributed by atoms with Gasteiger partial charge in [-0.1, -0.05) is 0 Å². The van der Waals surface area contributed by atoms with Crippen molar-refractivity contribution in [3.63, 3.8) is 0 Å². The number of carbonyl (C=O) groups is 1. The molecule has 0 saturated carbocycles. The van der Waals surface area contributed by atoms with Crippen molar-refractivity contribution in [2.45, 2.75) is 0 Å². The van der Waals surface area contributed by atoms with Crippen molar-refractivity contribution in [3.05, 3.63) is 97.1 Å². The van der Waals surface area contributed by atoms with E-state index < -0.39 is 27.9 Å². The van der Waals surface area contributed by atoms with E-state index in [1.807, 2.05) is 0 Å². The van der Waals surface area contributed by atoms with Crippen LogP contribution in [-0.2, 0) is 7.05 Å². The first kappa shape index (κ1) is 19.8. The SMILES string of the molecule is Cn1cc(C(=O)Nc2ccc([N+](=O)[O-])cc2)c2[nH]c(=O)n(-c3ccc(F)cc3)c(=O)c21. The second-order valence-corrected chi connectivity index (χ2v) is 6.68. The molecule has 156 valence electrons. The number of nitrogens with zero attached hydrogens (tertiary/aromatic N) is 3. The highest BCUT2D eigenvalue weighted by Crippen LogP contribution is 2.19. The number of carbonyl (C=O) groups excluding carboxylic acids is 1. The summed E-state index contributed by atoms with van der Waals surface area (Å²) in [6, 6.07) is 10.0. The predicted octanol–water partition coefficient (Wildman–Crippen LogP) is 2.32. The quantitative estimate of drug-likeness (QED) is 0.384. The van der Waals surface area contributed by atoms with E-state index in [-0.39, 0.29) is 28.0 Å². The fraction of sp³-hybridized carbons (Fsp3) is 0.0500. The van der Waals surface area contributed by atoms with Gasteiger partial charge in [0.15, 0.2) is 0 Å². The smallest absolute Gasteiger partial charge is 0.333 e. The van der Waals surface area contributed by atoms with Gasteiger partial charge in [-0.2, -0.15) is 0 Å². The number of amides is 1. The Labute approximate surface area is 172 Å². The van der Waals surface area contributed by atoms with Gasteiger partial charge in [0.1, 0.15) is 11.3 Å². The molecule has 4 rings (SSSR count).